The van der Waals surface area contributed by atoms with E-state index in [0.717, 1.165) is 29.8 Å². The van der Waals surface area contributed by atoms with Crippen molar-refractivity contribution in [3.05, 3.63) is 77.7 Å². The zero-order valence-electron chi connectivity index (χ0n) is 16.6. The van der Waals surface area contributed by atoms with E-state index in [1.165, 1.54) is 11.9 Å². The summed E-state index contributed by atoms with van der Waals surface area (Å²) >= 11 is 0. The maximum atomic E-state index is 13.1. The van der Waals surface area contributed by atoms with Crippen molar-refractivity contribution in [3.8, 4) is 5.75 Å². The van der Waals surface area contributed by atoms with Gasteiger partial charge in [-0.3, -0.25) is 4.79 Å². The molecule has 6 nitrogen and oxygen atoms in total. The van der Waals surface area contributed by atoms with Crippen LogP contribution in [0.25, 0.3) is 0 Å². The molecule has 148 valence electrons. The van der Waals surface area contributed by atoms with E-state index < -0.39 is 0 Å². The van der Waals surface area contributed by atoms with E-state index in [1.807, 2.05) is 47.4 Å². The molecule has 29 heavy (non-hydrogen) atoms. The van der Waals surface area contributed by atoms with Crippen molar-refractivity contribution in [2.45, 2.75) is 25.8 Å². The largest absolute Gasteiger partial charge is 0.496 e. The Labute approximate surface area is 170 Å². The smallest absolute Gasteiger partial charge is 0.277 e. The third-order valence-electron chi connectivity index (χ3n) is 5.21. The first-order chi connectivity index (χ1) is 14.2. The topological polar surface area (TPSA) is 67.3 Å². The highest BCUT2D eigenvalue weighted by molar-refractivity contribution is 6.06. The Kier molecular flexibility index (Phi) is 5.42. The molecule has 3 aromatic rings. The van der Waals surface area contributed by atoms with Crippen LogP contribution in [-0.4, -0.2) is 35.6 Å². The number of rotatable bonds is 6. The highest BCUT2D eigenvalue weighted by atomic mass is 16.5. The molecular formula is C23H24N4O2. The monoisotopic (exact) mass is 388 g/mol. The number of benzene rings is 2. The number of hydrogen-bond acceptors (Lipinski definition) is 5. The van der Waals surface area contributed by atoms with Gasteiger partial charge in [0.1, 0.15) is 23.6 Å². The summed E-state index contributed by atoms with van der Waals surface area (Å²) in [5, 5.41) is 3.28. The average Bonchev–Trinajstić information content (AvgIpc) is 3.09. The molecule has 1 unspecified atom stereocenters. The minimum absolute atomic E-state index is 0.0994. The first kappa shape index (κ1) is 18.9. The van der Waals surface area contributed by atoms with Crippen LogP contribution in [-0.2, 0) is 12.8 Å². The number of fused-ring (bicyclic) bond motifs is 1. The second kappa shape index (κ2) is 8.31. The Morgan fingerprint density at radius 1 is 1.17 bits per heavy atom. The molecule has 1 atom stereocenters. The lowest BCUT2D eigenvalue weighted by molar-refractivity contribution is 0.0976. The number of methoxy groups -OCH3 is 1. The van der Waals surface area contributed by atoms with E-state index in [9.17, 15) is 4.79 Å². The van der Waals surface area contributed by atoms with E-state index in [4.69, 9.17) is 4.74 Å². The van der Waals surface area contributed by atoms with Gasteiger partial charge >= 0.3 is 0 Å². The highest BCUT2D eigenvalue weighted by Crippen LogP contribution is 2.32. The molecular weight excluding hydrogens is 364 g/mol. The Hall–Kier alpha value is -3.41. The van der Waals surface area contributed by atoms with Crippen LogP contribution < -0.4 is 15.0 Å². The van der Waals surface area contributed by atoms with Crippen molar-refractivity contribution in [2.24, 2.45) is 0 Å². The van der Waals surface area contributed by atoms with Gasteiger partial charge in [-0.1, -0.05) is 36.4 Å². The number of anilines is 2. The number of carbonyl (C=O) groups is 1. The molecule has 0 radical (unpaired) electrons. The molecule has 4 rings (SSSR count). The van der Waals surface area contributed by atoms with Crippen LogP contribution in [0.3, 0.4) is 0 Å². The van der Waals surface area contributed by atoms with Crippen LogP contribution >= 0.6 is 0 Å². The van der Waals surface area contributed by atoms with Crippen molar-refractivity contribution in [2.75, 3.05) is 23.9 Å². The fourth-order valence-corrected chi connectivity index (χ4v) is 3.80. The number of carbonyl (C=O) groups excluding carboxylic acids is 1. The summed E-state index contributed by atoms with van der Waals surface area (Å²) in [6.07, 6.45) is 3.08. The van der Waals surface area contributed by atoms with Crippen molar-refractivity contribution in [1.82, 2.24) is 9.97 Å². The minimum Gasteiger partial charge on any atom is -0.496 e. The van der Waals surface area contributed by atoms with Crippen molar-refractivity contribution in [1.29, 1.82) is 0 Å². The van der Waals surface area contributed by atoms with Crippen LogP contribution in [0, 0.1) is 0 Å². The highest BCUT2D eigenvalue weighted by Gasteiger charge is 2.31. The molecule has 0 spiro atoms. The summed E-state index contributed by atoms with van der Waals surface area (Å²) < 4.78 is 5.39. The Bertz CT molecular complexity index is 1020. The molecule has 1 aliphatic heterocycles. The maximum Gasteiger partial charge on any atom is 0.277 e. The molecule has 1 amide bonds. The van der Waals surface area contributed by atoms with E-state index in [-0.39, 0.29) is 11.9 Å². The standard InChI is InChI=1S/C23H24N4O2/c1-16-13-18-8-3-5-9-20(18)27(16)23(28)19-14-22(26-15-25-19)24-12-11-17-7-4-6-10-21(17)29-2/h3-10,14-16H,11-13H2,1-2H3,(H,24,25,26). The number of hydrogen-bond donors (Lipinski definition) is 1. The minimum atomic E-state index is -0.0994. The summed E-state index contributed by atoms with van der Waals surface area (Å²) in [4.78, 5) is 23.5. The number of para-hydroxylation sites is 2. The number of nitrogens with one attached hydrogen (secondary N) is 1. The number of aromatic nitrogens is 2. The lowest BCUT2D eigenvalue weighted by Crippen LogP contribution is -2.36. The van der Waals surface area contributed by atoms with Gasteiger partial charge in [-0.05, 0) is 43.0 Å². The fourth-order valence-electron chi connectivity index (χ4n) is 3.80. The quantitative estimate of drug-likeness (QED) is 0.697. The molecule has 0 saturated heterocycles. The third kappa shape index (κ3) is 3.92. The van der Waals surface area contributed by atoms with Crippen LogP contribution in [0.1, 0.15) is 28.5 Å². The number of nitrogens with zero attached hydrogens (tertiary/aromatic N) is 3. The Morgan fingerprint density at radius 2 is 1.97 bits per heavy atom. The number of amides is 1. The lowest BCUT2D eigenvalue weighted by Gasteiger charge is -2.22. The van der Waals surface area contributed by atoms with Crippen LogP contribution in [0.4, 0.5) is 11.5 Å². The van der Waals surface area contributed by atoms with Crippen molar-refractivity contribution >= 4 is 17.4 Å². The predicted octanol–water partition coefficient (Wildman–Crippen LogP) is 3.73. The third-order valence-corrected chi connectivity index (χ3v) is 5.21. The van der Waals surface area contributed by atoms with E-state index in [0.29, 0.717) is 18.1 Å². The zero-order chi connectivity index (χ0) is 20.2. The van der Waals surface area contributed by atoms with Gasteiger partial charge in [0.15, 0.2) is 0 Å². The van der Waals surface area contributed by atoms with Gasteiger partial charge in [0.25, 0.3) is 5.91 Å². The molecule has 2 aromatic carbocycles. The Morgan fingerprint density at radius 3 is 2.83 bits per heavy atom. The molecule has 2 heterocycles. The second-order valence-electron chi connectivity index (χ2n) is 7.13. The summed E-state index contributed by atoms with van der Waals surface area (Å²) in [6.45, 7) is 2.74. The van der Waals surface area contributed by atoms with E-state index in [2.05, 4.69) is 28.3 Å². The molecule has 1 N–H and O–H groups in total. The molecule has 1 aromatic heterocycles. The predicted molar refractivity (Wildman–Crippen MR) is 114 cm³/mol. The van der Waals surface area contributed by atoms with Crippen LogP contribution in [0.5, 0.6) is 5.75 Å². The SMILES string of the molecule is COc1ccccc1CCNc1cc(C(=O)N2c3ccccc3CC2C)ncn1. The van der Waals surface area contributed by atoms with Gasteiger partial charge in [0.2, 0.25) is 0 Å². The first-order valence-corrected chi connectivity index (χ1v) is 9.76. The van der Waals surface area contributed by atoms with E-state index in [1.54, 1.807) is 13.2 Å². The fraction of sp³-hybridized carbons (Fsp3) is 0.261. The summed E-state index contributed by atoms with van der Waals surface area (Å²) in [5.41, 5.74) is 3.67. The molecule has 0 saturated carbocycles. The van der Waals surface area contributed by atoms with Gasteiger partial charge in [0, 0.05) is 24.3 Å². The molecule has 6 heteroatoms. The molecule has 0 aliphatic carbocycles. The Balaban J connectivity index is 1.46. The van der Waals surface area contributed by atoms with E-state index >= 15 is 0 Å². The van der Waals surface area contributed by atoms with Gasteiger partial charge in [-0.25, -0.2) is 9.97 Å². The van der Waals surface area contributed by atoms with Gasteiger partial charge in [-0.15, -0.1) is 0 Å². The molecule has 0 bridgehead atoms. The lowest BCUT2D eigenvalue weighted by atomic mass is 10.1. The maximum absolute atomic E-state index is 13.1. The summed E-state index contributed by atoms with van der Waals surface area (Å²) in [6, 6.07) is 17.8. The summed E-state index contributed by atoms with van der Waals surface area (Å²) in [7, 11) is 1.67. The first-order valence-electron chi connectivity index (χ1n) is 9.76. The van der Waals surface area contributed by atoms with Gasteiger partial charge in [0.05, 0.1) is 7.11 Å². The van der Waals surface area contributed by atoms with Crippen molar-refractivity contribution in [3.63, 3.8) is 0 Å². The van der Waals surface area contributed by atoms with Crippen molar-refractivity contribution < 1.29 is 9.53 Å². The number of ether oxygens (including phenoxy) is 1. The van der Waals surface area contributed by atoms with Crippen LogP contribution in [0.2, 0.25) is 0 Å². The summed E-state index contributed by atoms with van der Waals surface area (Å²) in [5.74, 6) is 1.41. The normalized spacial score (nSPS) is 15.1. The molecule has 0 fully saturated rings. The van der Waals surface area contributed by atoms with Gasteiger partial charge < -0.3 is 15.0 Å². The second-order valence-corrected chi connectivity index (χ2v) is 7.13. The van der Waals surface area contributed by atoms with Crippen LogP contribution in [0.15, 0.2) is 60.9 Å². The van der Waals surface area contributed by atoms with Gasteiger partial charge in [-0.2, -0.15) is 0 Å². The molecule has 1 aliphatic rings. The average molecular weight is 388 g/mol. The zero-order valence-corrected chi connectivity index (χ0v) is 16.6.